The van der Waals surface area contributed by atoms with Crippen LogP contribution in [0.4, 0.5) is 0 Å². The molecule has 2 N–H and O–H groups in total. The molecule has 13 heavy (non-hydrogen) atoms. The molecule has 0 saturated heterocycles. The van der Waals surface area contributed by atoms with Gasteiger partial charge in [-0.1, -0.05) is 24.3 Å². The van der Waals surface area contributed by atoms with E-state index in [1.54, 1.807) is 0 Å². The molecule has 0 aliphatic carbocycles. The molecule has 0 aliphatic heterocycles. The van der Waals surface area contributed by atoms with Crippen molar-refractivity contribution in [1.82, 2.24) is 4.98 Å². The summed E-state index contributed by atoms with van der Waals surface area (Å²) < 4.78 is 0. The van der Waals surface area contributed by atoms with Crippen LogP contribution in [0.3, 0.4) is 0 Å². The third-order valence-corrected chi connectivity index (χ3v) is 2.09. The summed E-state index contributed by atoms with van der Waals surface area (Å²) in [6.45, 7) is 1.94. The maximum absolute atomic E-state index is 5.74. The number of pyridine rings is 1. The molecule has 1 heterocycles. The first-order valence-electron chi connectivity index (χ1n) is 4.38. The Balaban J connectivity index is 2.62. The van der Waals surface area contributed by atoms with Crippen LogP contribution in [-0.2, 0) is 0 Å². The zero-order valence-corrected chi connectivity index (χ0v) is 7.57. The van der Waals surface area contributed by atoms with Crippen LogP contribution < -0.4 is 5.73 Å². The van der Waals surface area contributed by atoms with Gasteiger partial charge in [0.15, 0.2) is 0 Å². The van der Waals surface area contributed by atoms with E-state index in [2.05, 4.69) is 11.1 Å². The Labute approximate surface area is 77.4 Å². The zero-order valence-electron chi connectivity index (χ0n) is 7.57. The Morgan fingerprint density at radius 2 is 1.92 bits per heavy atom. The van der Waals surface area contributed by atoms with Crippen LogP contribution in [0.15, 0.2) is 36.4 Å². The first-order valence-corrected chi connectivity index (χ1v) is 4.38. The van der Waals surface area contributed by atoms with Crippen LogP contribution in [0.1, 0.15) is 18.7 Å². The summed E-state index contributed by atoms with van der Waals surface area (Å²) in [5, 5.41) is 1.16. The third kappa shape index (κ3) is 1.53. The number of aromatic nitrogens is 1. The van der Waals surface area contributed by atoms with Gasteiger partial charge in [0.2, 0.25) is 0 Å². The summed E-state index contributed by atoms with van der Waals surface area (Å²) in [7, 11) is 0. The van der Waals surface area contributed by atoms with Crippen LogP contribution in [0, 0.1) is 0 Å². The van der Waals surface area contributed by atoms with Crippen molar-refractivity contribution in [2.75, 3.05) is 0 Å². The molecule has 1 atom stereocenters. The van der Waals surface area contributed by atoms with Gasteiger partial charge in [-0.15, -0.1) is 0 Å². The highest BCUT2D eigenvalue weighted by Crippen LogP contribution is 2.14. The van der Waals surface area contributed by atoms with Crippen LogP contribution >= 0.6 is 0 Å². The van der Waals surface area contributed by atoms with E-state index in [0.717, 1.165) is 16.6 Å². The van der Waals surface area contributed by atoms with Crippen molar-refractivity contribution in [2.45, 2.75) is 13.0 Å². The minimum Gasteiger partial charge on any atom is -0.323 e. The first-order chi connectivity index (χ1) is 6.27. The molecule has 2 rings (SSSR count). The van der Waals surface area contributed by atoms with Gasteiger partial charge in [0.25, 0.3) is 0 Å². The summed E-state index contributed by atoms with van der Waals surface area (Å²) in [6, 6.07) is 12.1. The lowest BCUT2D eigenvalue weighted by atomic mass is 10.1. The maximum Gasteiger partial charge on any atom is 0.0706 e. The molecule has 0 bridgehead atoms. The molecule has 0 unspecified atom stereocenters. The van der Waals surface area contributed by atoms with Gasteiger partial charge in [-0.05, 0) is 19.1 Å². The monoisotopic (exact) mass is 172 g/mol. The van der Waals surface area contributed by atoms with Gasteiger partial charge in [-0.3, -0.25) is 4.98 Å². The minimum atomic E-state index is 0.00426. The summed E-state index contributed by atoms with van der Waals surface area (Å²) in [5.74, 6) is 0. The largest absolute Gasteiger partial charge is 0.323 e. The number of rotatable bonds is 1. The summed E-state index contributed by atoms with van der Waals surface area (Å²) in [5.41, 5.74) is 7.70. The van der Waals surface area contributed by atoms with Crippen molar-refractivity contribution in [3.8, 4) is 0 Å². The second-order valence-corrected chi connectivity index (χ2v) is 3.22. The highest BCUT2D eigenvalue weighted by Gasteiger charge is 2.01. The molecular formula is C11H12N2. The maximum atomic E-state index is 5.74. The van der Waals surface area contributed by atoms with Crippen LogP contribution in [-0.4, -0.2) is 4.98 Å². The number of hydrogen-bond acceptors (Lipinski definition) is 2. The minimum absolute atomic E-state index is 0.00426. The van der Waals surface area contributed by atoms with E-state index >= 15 is 0 Å². The van der Waals surface area contributed by atoms with Gasteiger partial charge in [0.05, 0.1) is 11.2 Å². The molecule has 0 saturated carbocycles. The molecule has 2 nitrogen and oxygen atoms in total. The fraction of sp³-hybridized carbons (Fsp3) is 0.182. The van der Waals surface area contributed by atoms with Gasteiger partial charge < -0.3 is 5.73 Å². The van der Waals surface area contributed by atoms with Crippen molar-refractivity contribution in [2.24, 2.45) is 5.73 Å². The molecule has 2 aromatic rings. The average molecular weight is 172 g/mol. The number of nitrogens with two attached hydrogens (primary N) is 1. The van der Waals surface area contributed by atoms with Crippen molar-refractivity contribution in [3.63, 3.8) is 0 Å². The van der Waals surface area contributed by atoms with Crippen molar-refractivity contribution < 1.29 is 0 Å². The predicted molar refractivity (Wildman–Crippen MR) is 54.3 cm³/mol. The Morgan fingerprint density at radius 1 is 1.15 bits per heavy atom. The van der Waals surface area contributed by atoms with Gasteiger partial charge in [0.1, 0.15) is 0 Å². The van der Waals surface area contributed by atoms with Crippen molar-refractivity contribution in [1.29, 1.82) is 0 Å². The summed E-state index contributed by atoms with van der Waals surface area (Å²) in [6.07, 6.45) is 0. The van der Waals surface area contributed by atoms with E-state index in [1.807, 2.05) is 37.3 Å². The predicted octanol–water partition coefficient (Wildman–Crippen LogP) is 2.25. The third-order valence-electron chi connectivity index (χ3n) is 2.09. The van der Waals surface area contributed by atoms with E-state index in [0.29, 0.717) is 0 Å². The highest BCUT2D eigenvalue weighted by atomic mass is 14.8. The number of fused-ring (bicyclic) bond motifs is 1. The van der Waals surface area contributed by atoms with Crippen LogP contribution in [0.2, 0.25) is 0 Å². The standard InChI is InChI=1S/C11H12N2/c1-8(12)10-7-6-9-4-2-3-5-11(9)13-10/h2-8H,12H2,1H3/t8-/m1/s1. The number of benzene rings is 1. The second-order valence-electron chi connectivity index (χ2n) is 3.22. The Bertz CT molecular complexity index is 421. The fourth-order valence-electron chi connectivity index (χ4n) is 1.34. The number of para-hydroxylation sites is 1. The van der Waals surface area contributed by atoms with Gasteiger partial charge in [-0.25, -0.2) is 0 Å². The molecular weight excluding hydrogens is 160 g/mol. The lowest BCUT2D eigenvalue weighted by Gasteiger charge is -2.05. The van der Waals surface area contributed by atoms with E-state index in [9.17, 15) is 0 Å². The fourth-order valence-corrected chi connectivity index (χ4v) is 1.34. The zero-order chi connectivity index (χ0) is 9.26. The molecule has 0 amide bonds. The lowest BCUT2D eigenvalue weighted by Crippen LogP contribution is -2.06. The summed E-state index contributed by atoms with van der Waals surface area (Å²) >= 11 is 0. The normalized spacial score (nSPS) is 13.1. The van der Waals surface area contributed by atoms with E-state index in [4.69, 9.17) is 5.73 Å². The van der Waals surface area contributed by atoms with Crippen molar-refractivity contribution >= 4 is 10.9 Å². The van der Waals surface area contributed by atoms with E-state index in [1.165, 1.54) is 0 Å². The topological polar surface area (TPSA) is 38.9 Å². The number of hydrogen-bond donors (Lipinski definition) is 1. The Morgan fingerprint density at radius 3 is 2.69 bits per heavy atom. The molecule has 0 aliphatic rings. The van der Waals surface area contributed by atoms with E-state index in [-0.39, 0.29) is 6.04 Å². The molecule has 1 aromatic carbocycles. The molecule has 2 heteroatoms. The average Bonchev–Trinajstić information content (AvgIpc) is 2.17. The van der Waals surface area contributed by atoms with Crippen LogP contribution in [0.25, 0.3) is 10.9 Å². The van der Waals surface area contributed by atoms with Gasteiger partial charge in [0, 0.05) is 11.4 Å². The smallest absolute Gasteiger partial charge is 0.0706 e. The Hall–Kier alpha value is -1.41. The SMILES string of the molecule is C[C@@H](N)c1ccc2ccccc2n1. The highest BCUT2D eigenvalue weighted by molar-refractivity contribution is 5.78. The lowest BCUT2D eigenvalue weighted by molar-refractivity contribution is 0.787. The van der Waals surface area contributed by atoms with E-state index < -0.39 is 0 Å². The molecule has 0 radical (unpaired) electrons. The van der Waals surface area contributed by atoms with Crippen molar-refractivity contribution in [3.05, 3.63) is 42.1 Å². The quantitative estimate of drug-likeness (QED) is 0.716. The molecule has 1 aromatic heterocycles. The summed E-state index contributed by atoms with van der Waals surface area (Å²) in [4.78, 5) is 4.45. The molecule has 0 fully saturated rings. The number of nitrogens with zero attached hydrogens (tertiary/aromatic N) is 1. The molecule has 0 spiro atoms. The first kappa shape index (κ1) is 8.20. The van der Waals surface area contributed by atoms with Crippen LogP contribution in [0.5, 0.6) is 0 Å². The Kier molecular flexibility index (Phi) is 1.99. The van der Waals surface area contributed by atoms with Gasteiger partial charge in [-0.2, -0.15) is 0 Å². The van der Waals surface area contributed by atoms with Gasteiger partial charge >= 0.3 is 0 Å². The second kappa shape index (κ2) is 3.15. The molecule has 66 valence electrons.